The molecule has 0 aromatic carbocycles. The lowest BCUT2D eigenvalue weighted by Crippen LogP contribution is -2.38. The molecule has 5 nitrogen and oxygen atoms in total. The monoisotopic (exact) mass is 255 g/mol. The highest BCUT2D eigenvalue weighted by Gasteiger charge is 2.26. The first-order valence-electron chi connectivity index (χ1n) is 5.73. The molecule has 1 aromatic heterocycles. The average Bonchev–Trinajstić information content (AvgIpc) is 2.33. The molecule has 2 rings (SSSR count). The molecule has 0 saturated carbocycles. The molecule has 0 aliphatic carbocycles. The molecule has 2 heterocycles. The van der Waals surface area contributed by atoms with E-state index in [0.717, 1.165) is 18.8 Å². The molecule has 94 valence electrons. The molecule has 0 bridgehead atoms. The van der Waals surface area contributed by atoms with Crippen molar-refractivity contribution in [3.63, 3.8) is 0 Å². The van der Waals surface area contributed by atoms with Crippen LogP contribution in [0.5, 0.6) is 0 Å². The summed E-state index contributed by atoms with van der Waals surface area (Å²) in [6.07, 6.45) is 2.87. The van der Waals surface area contributed by atoms with Crippen molar-refractivity contribution in [1.82, 2.24) is 10.3 Å². The minimum atomic E-state index is -3.28. The first-order chi connectivity index (χ1) is 8.08. The maximum Gasteiger partial charge on any atom is 0.235 e. The number of aryl methyl sites for hydroxylation is 1. The lowest BCUT2D eigenvalue weighted by Gasteiger charge is -2.23. The van der Waals surface area contributed by atoms with E-state index in [9.17, 15) is 8.42 Å². The molecule has 6 heteroatoms. The first kappa shape index (κ1) is 12.3. The Morgan fingerprint density at radius 1 is 1.35 bits per heavy atom. The van der Waals surface area contributed by atoms with Crippen molar-refractivity contribution in [2.45, 2.75) is 25.0 Å². The van der Waals surface area contributed by atoms with Crippen molar-refractivity contribution in [3.8, 4) is 0 Å². The van der Waals surface area contributed by atoms with E-state index in [1.807, 2.05) is 6.92 Å². The number of rotatable bonds is 3. The molecule has 1 aromatic rings. The van der Waals surface area contributed by atoms with E-state index in [-0.39, 0.29) is 5.25 Å². The Morgan fingerprint density at radius 2 is 2.06 bits per heavy atom. The number of anilines is 1. The molecule has 0 amide bonds. The average molecular weight is 255 g/mol. The minimum absolute atomic E-state index is 0.301. The van der Waals surface area contributed by atoms with Crippen molar-refractivity contribution in [3.05, 3.63) is 24.0 Å². The second-order valence-corrected chi connectivity index (χ2v) is 6.25. The SMILES string of the molecule is Cc1ccc(NS(=O)(=O)C2CCNCC2)cn1. The lowest BCUT2D eigenvalue weighted by molar-refractivity contribution is 0.499. The number of nitrogens with zero attached hydrogens (tertiary/aromatic N) is 1. The molecule has 1 aliphatic rings. The first-order valence-corrected chi connectivity index (χ1v) is 7.27. The van der Waals surface area contributed by atoms with Gasteiger partial charge in [0.2, 0.25) is 10.0 Å². The van der Waals surface area contributed by atoms with Crippen LogP contribution in [-0.4, -0.2) is 31.7 Å². The van der Waals surface area contributed by atoms with Gasteiger partial charge in [-0.3, -0.25) is 9.71 Å². The van der Waals surface area contributed by atoms with Crippen LogP contribution in [0, 0.1) is 6.92 Å². The van der Waals surface area contributed by atoms with Gasteiger partial charge in [0.15, 0.2) is 0 Å². The van der Waals surface area contributed by atoms with E-state index in [2.05, 4.69) is 15.0 Å². The normalized spacial score (nSPS) is 17.9. The third-order valence-corrected chi connectivity index (χ3v) is 4.77. The third kappa shape index (κ3) is 3.17. The summed E-state index contributed by atoms with van der Waals surface area (Å²) in [5.74, 6) is 0. The topological polar surface area (TPSA) is 71.1 Å². The predicted molar refractivity (Wildman–Crippen MR) is 67.4 cm³/mol. The Kier molecular flexibility index (Phi) is 3.63. The van der Waals surface area contributed by atoms with Crippen LogP contribution in [0.2, 0.25) is 0 Å². The summed E-state index contributed by atoms with van der Waals surface area (Å²) in [7, 11) is -3.28. The summed E-state index contributed by atoms with van der Waals surface area (Å²) in [5, 5.41) is 2.85. The Labute approximate surface area is 102 Å². The zero-order valence-electron chi connectivity index (χ0n) is 9.81. The van der Waals surface area contributed by atoms with Gasteiger partial charge < -0.3 is 5.32 Å². The van der Waals surface area contributed by atoms with Gasteiger partial charge in [0.05, 0.1) is 17.1 Å². The molecule has 1 fully saturated rings. The Bertz CT molecular complexity index is 464. The highest BCUT2D eigenvalue weighted by Crippen LogP contribution is 2.17. The van der Waals surface area contributed by atoms with Crippen molar-refractivity contribution in [2.75, 3.05) is 17.8 Å². The summed E-state index contributed by atoms with van der Waals surface area (Å²) in [6.45, 7) is 3.39. The van der Waals surface area contributed by atoms with Gasteiger partial charge in [-0.1, -0.05) is 0 Å². The van der Waals surface area contributed by atoms with Crippen LogP contribution in [0.1, 0.15) is 18.5 Å². The van der Waals surface area contributed by atoms with Gasteiger partial charge in [0.1, 0.15) is 0 Å². The second kappa shape index (κ2) is 5.01. The van der Waals surface area contributed by atoms with Crippen molar-refractivity contribution in [1.29, 1.82) is 0 Å². The zero-order chi connectivity index (χ0) is 12.3. The van der Waals surface area contributed by atoms with Crippen molar-refractivity contribution < 1.29 is 8.42 Å². The highest BCUT2D eigenvalue weighted by molar-refractivity contribution is 7.93. The number of piperidine rings is 1. The molecule has 2 N–H and O–H groups in total. The minimum Gasteiger partial charge on any atom is -0.317 e. The molecule has 0 atom stereocenters. The van der Waals surface area contributed by atoms with Gasteiger partial charge in [-0.05, 0) is 45.0 Å². The van der Waals surface area contributed by atoms with Crippen LogP contribution in [0.15, 0.2) is 18.3 Å². The van der Waals surface area contributed by atoms with Gasteiger partial charge in [-0.15, -0.1) is 0 Å². The van der Waals surface area contributed by atoms with Crippen molar-refractivity contribution in [2.24, 2.45) is 0 Å². The highest BCUT2D eigenvalue weighted by atomic mass is 32.2. The molecule has 1 saturated heterocycles. The van der Waals surface area contributed by atoms with Gasteiger partial charge in [-0.25, -0.2) is 8.42 Å². The second-order valence-electron chi connectivity index (χ2n) is 4.28. The fourth-order valence-electron chi connectivity index (χ4n) is 1.88. The van der Waals surface area contributed by atoms with Crippen molar-refractivity contribution >= 4 is 15.7 Å². The number of hydrogen-bond acceptors (Lipinski definition) is 4. The van der Waals surface area contributed by atoms with E-state index >= 15 is 0 Å². The standard InChI is InChI=1S/C11H17N3O2S/c1-9-2-3-10(8-13-9)14-17(15,16)11-4-6-12-7-5-11/h2-3,8,11-12,14H,4-7H2,1H3. The van der Waals surface area contributed by atoms with E-state index in [1.54, 1.807) is 18.3 Å². The molecule has 0 radical (unpaired) electrons. The third-order valence-electron chi connectivity index (χ3n) is 2.90. The smallest absolute Gasteiger partial charge is 0.235 e. The molecule has 0 unspecified atom stereocenters. The van der Waals surface area contributed by atoms with Gasteiger partial charge >= 0.3 is 0 Å². The summed E-state index contributed by atoms with van der Waals surface area (Å²) in [5.41, 5.74) is 1.41. The molecule has 17 heavy (non-hydrogen) atoms. The molecular weight excluding hydrogens is 238 g/mol. The fourth-order valence-corrected chi connectivity index (χ4v) is 3.35. The number of aromatic nitrogens is 1. The van der Waals surface area contributed by atoms with Gasteiger partial charge in [-0.2, -0.15) is 0 Å². The largest absolute Gasteiger partial charge is 0.317 e. The zero-order valence-corrected chi connectivity index (χ0v) is 10.6. The summed E-state index contributed by atoms with van der Waals surface area (Å²) in [6, 6.07) is 3.53. The number of pyridine rings is 1. The molecular formula is C11H17N3O2S. The number of hydrogen-bond donors (Lipinski definition) is 2. The molecule has 0 spiro atoms. The Morgan fingerprint density at radius 3 is 2.65 bits per heavy atom. The maximum atomic E-state index is 12.1. The summed E-state index contributed by atoms with van der Waals surface area (Å²) in [4.78, 5) is 4.07. The number of sulfonamides is 1. The number of nitrogens with one attached hydrogen (secondary N) is 2. The van der Waals surface area contributed by atoms with E-state index in [4.69, 9.17) is 0 Å². The lowest BCUT2D eigenvalue weighted by atomic mass is 10.2. The maximum absolute atomic E-state index is 12.1. The predicted octanol–water partition coefficient (Wildman–Crippen LogP) is 0.884. The summed E-state index contributed by atoms with van der Waals surface area (Å²) < 4.78 is 26.7. The van der Waals surface area contributed by atoms with Crippen LogP contribution in [-0.2, 0) is 10.0 Å². The quantitative estimate of drug-likeness (QED) is 0.841. The van der Waals surface area contributed by atoms with Crippen LogP contribution in [0.4, 0.5) is 5.69 Å². The van der Waals surface area contributed by atoms with Crippen LogP contribution < -0.4 is 10.0 Å². The van der Waals surface area contributed by atoms with Crippen LogP contribution in [0.3, 0.4) is 0 Å². The fraction of sp³-hybridized carbons (Fsp3) is 0.545. The van der Waals surface area contributed by atoms with Crippen LogP contribution in [0.25, 0.3) is 0 Å². The Balaban J connectivity index is 2.08. The molecule has 1 aliphatic heterocycles. The van der Waals surface area contributed by atoms with Crippen LogP contribution >= 0.6 is 0 Å². The van der Waals surface area contributed by atoms with E-state index < -0.39 is 10.0 Å². The van der Waals surface area contributed by atoms with Gasteiger partial charge in [0.25, 0.3) is 0 Å². The summed E-state index contributed by atoms with van der Waals surface area (Å²) >= 11 is 0. The van der Waals surface area contributed by atoms with E-state index in [1.165, 1.54) is 0 Å². The van der Waals surface area contributed by atoms with Gasteiger partial charge in [0, 0.05) is 5.69 Å². The Hall–Kier alpha value is -1.14. The van der Waals surface area contributed by atoms with E-state index in [0.29, 0.717) is 18.5 Å².